The minimum absolute atomic E-state index is 0.0411. The molecule has 116 valence electrons. The van der Waals surface area contributed by atoms with Gasteiger partial charge in [0, 0.05) is 26.1 Å². The molecule has 3 aliphatic rings. The molecule has 5 heteroatoms. The molecule has 4 rings (SSSR count). The van der Waals surface area contributed by atoms with E-state index in [-0.39, 0.29) is 5.60 Å². The lowest BCUT2D eigenvalue weighted by Crippen LogP contribution is -2.34. The quantitative estimate of drug-likeness (QED) is 0.921. The number of anilines is 1. The number of hydrogen-bond donors (Lipinski definition) is 1. The summed E-state index contributed by atoms with van der Waals surface area (Å²) in [6, 6.07) is 7.89. The molecule has 3 fully saturated rings. The van der Waals surface area contributed by atoms with Crippen molar-refractivity contribution < 1.29 is 4.74 Å². The lowest BCUT2D eigenvalue weighted by molar-refractivity contribution is 0.0123. The Hall–Kier alpha value is -1.64. The minimum Gasteiger partial charge on any atom is -0.371 e. The van der Waals surface area contributed by atoms with Gasteiger partial charge in [-0.05, 0) is 37.3 Å². The summed E-state index contributed by atoms with van der Waals surface area (Å²) < 4.78 is 6.18. The fourth-order valence-corrected chi connectivity index (χ4v) is 3.76. The predicted molar refractivity (Wildman–Crippen MR) is 83.4 cm³/mol. The topological polar surface area (TPSA) is 61.2 Å². The van der Waals surface area contributed by atoms with Gasteiger partial charge in [0.2, 0.25) is 0 Å². The summed E-state index contributed by atoms with van der Waals surface area (Å²) in [5.41, 5.74) is 0.495. The Morgan fingerprint density at radius 1 is 1.45 bits per heavy atom. The number of aromatic nitrogens is 1. The first kappa shape index (κ1) is 14.0. The highest BCUT2D eigenvalue weighted by molar-refractivity contribution is 5.39. The Labute approximate surface area is 131 Å². The molecular formula is C17H22N4O. The van der Waals surface area contributed by atoms with Gasteiger partial charge in [0.25, 0.3) is 0 Å². The van der Waals surface area contributed by atoms with Crippen LogP contribution in [-0.4, -0.2) is 47.8 Å². The molecule has 1 spiro atoms. The number of ether oxygens (including phenoxy) is 1. The zero-order valence-electron chi connectivity index (χ0n) is 12.8. The highest BCUT2D eigenvalue weighted by Crippen LogP contribution is 2.38. The molecule has 1 aromatic heterocycles. The van der Waals surface area contributed by atoms with E-state index in [2.05, 4.69) is 21.3 Å². The third-order valence-electron chi connectivity index (χ3n) is 5.03. The zero-order valence-corrected chi connectivity index (χ0v) is 12.8. The van der Waals surface area contributed by atoms with Crippen molar-refractivity contribution in [2.24, 2.45) is 5.92 Å². The van der Waals surface area contributed by atoms with E-state index < -0.39 is 0 Å². The first-order chi connectivity index (χ1) is 10.7. The summed E-state index contributed by atoms with van der Waals surface area (Å²) in [7, 11) is 0. The van der Waals surface area contributed by atoms with E-state index in [9.17, 15) is 0 Å². The Morgan fingerprint density at radius 2 is 2.36 bits per heavy atom. The average Bonchev–Trinajstić information content (AvgIpc) is 3.13. The van der Waals surface area contributed by atoms with Crippen LogP contribution in [0.5, 0.6) is 0 Å². The third-order valence-corrected chi connectivity index (χ3v) is 5.03. The summed E-state index contributed by atoms with van der Waals surface area (Å²) in [5, 5.41) is 12.4. The molecular weight excluding hydrogens is 276 g/mol. The lowest BCUT2D eigenvalue weighted by atomic mass is 9.97. The van der Waals surface area contributed by atoms with Crippen molar-refractivity contribution in [1.82, 2.24) is 9.88 Å². The second-order valence-electron chi connectivity index (χ2n) is 6.99. The molecule has 2 aliphatic heterocycles. The fourth-order valence-electron chi connectivity index (χ4n) is 3.76. The highest BCUT2D eigenvalue weighted by atomic mass is 16.5. The molecule has 0 amide bonds. The monoisotopic (exact) mass is 298 g/mol. The smallest absolute Gasteiger partial charge is 0.142 e. The molecule has 0 unspecified atom stereocenters. The molecule has 22 heavy (non-hydrogen) atoms. The van der Waals surface area contributed by atoms with Gasteiger partial charge in [-0.15, -0.1) is 0 Å². The highest BCUT2D eigenvalue weighted by Gasteiger charge is 2.46. The van der Waals surface area contributed by atoms with Gasteiger partial charge in [0.15, 0.2) is 0 Å². The van der Waals surface area contributed by atoms with Crippen molar-refractivity contribution >= 4 is 5.82 Å². The van der Waals surface area contributed by atoms with Gasteiger partial charge >= 0.3 is 0 Å². The summed E-state index contributed by atoms with van der Waals surface area (Å²) in [4.78, 5) is 6.87. The fraction of sp³-hybridized carbons (Fsp3) is 0.647. The van der Waals surface area contributed by atoms with Crippen LogP contribution in [0.1, 0.15) is 31.4 Å². The van der Waals surface area contributed by atoms with Gasteiger partial charge in [-0.1, -0.05) is 6.07 Å². The maximum atomic E-state index is 8.93. The van der Waals surface area contributed by atoms with Crippen LogP contribution in [0, 0.1) is 17.2 Å². The van der Waals surface area contributed by atoms with Crippen LogP contribution >= 0.6 is 0 Å². The maximum absolute atomic E-state index is 8.93. The summed E-state index contributed by atoms with van der Waals surface area (Å²) in [5.74, 6) is 1.72. The first-order valence-corrected chi connectivity index (χ1v) is 8.25. The number of pyridine rings is 1. The molecule has 3 heterocycles. The minimum atomic E-state index is 0.0411. The second-order valence-corrected chi connectivity index (χ2v) is 6.99. The van der Waals surface area contributed by atoms with Crippen LogP contribution in [-0.2, 0) is 4.74 Å². The third kappa shape index (κ3) is 2.94. The second kappa shape index (κ2) is 5.53. The number of nitriles is 1. The number of nitrogens with one attached hydrogen (secondary N) is 1. The zero-order chi connectivity index (χ0) is 15.0. The van der Waals surface area contributed by atoms with Crippen molar-refractivity contribution in [2.45, 2.75) is 37.3 Å². The van der Waals surface area contributed by atoms with Gasteiger partial charge in [0.1, 0.15) is 17.6 Å². The van der Waals surface area contributed by atoms with E-state index in [1.807, 2.05) is 12.1 Å². The molecule has 2 atom stereocenters. The van der Waals surface area contributed by atoms with Gasteiger partial charge in [-0.2, -0.15) is 5.26 Å². The van der Waals surface area contributed by atoms with Gasteiger partial charge in [-0.3, -0.25) is 0 Å². The Kier molecular flexibility index (Phi) is 3.51. The number of hydrogen-bond acceptors (Lipinski definition) is 5. The number of likely N-dealkylation sites (tertiary alicyclic amines) is 1. The lowest BCUT2D eigenvalue weighted by Gasteiger charge is -2.23. The first-order valence-electron chi connectivity index (χ1n) is 8.25. The molecule has 5 nitrogen and oxygen atoms in total. The van der Waals surface area contributed by atoms with Crippen molar-refractivity contribution in [3.8, 4) is 6.07 Å². The Balaban J connectivity index is 1.35. The van der Waals surface area contributed by atoms with Crippen LogP contribution in [0.15, 0.2) is 18.2 Å². The van der Waals surface area contributed by atoms with Crippen LogP contribution in [0.2, 0.25) is 0 Å². The Bertz CT molecular complexity index is 595. The van der Waals surface area contributed by atoms with Crippen molar-refractivity contribution in [3.05, 3.63) is 23.9 Å². The van der Waals surface area contributed by atoms with E-state index in [4.69, 9.17) is 10.00 Å². The number of rotatable bonds is 4. The number of nitrogens with zero attached hydrogens (tertiary/aromatic N) is 3. The summed E-state index contributed by atoms with van der Waals surface area (Å²) >= 11 is 0. The van der Waals surface area contributed by atoms with Crippen LogP contribution in [0.3, 0.4) is 0 Å². The molecule has 1 aliphatic carbocycles. The van der Waals surface area contributed by atoms with Gasteiger partial charge < -0.3 is 15.0 Å². The molecule has 1 saturated carbocycles. The Morgan fingerprint density at radius 3 is 3.18 bits per heavy atom. The van der Waals surface area contributed by atoms with Gasteiger partial charge in [0.05, 0.1) is 18.2 Å². The molecule has 0 bridgehead atoms. The maximum Gasteiger partial charge on any atom is 0.142 e. The summed E-state index contributed by atoms with van der Waals surface area (Å²) in [6.07, 6.45) is 5.00. The SMILES string of the molecule is N#Cc1cccc(N[C@H]2CO[C@@]3(CCN(CC4CC4)C3)C2)n1. The molecule has 0 radical (unpaired) electrons. The van der Waals surface area contributed by atoms with E-state index in [1.54, 1.807) is 6.07 Å². The van der Waals surface area contributed by atoms with Crippen LogP contribution < -0.4 is 5.32 Å². The van der Waals surface area contributed by atoms with Crippen LogP contribution in [0.4, 0.5) is 5.82 Å². The van der Waals surface area contributed by atoms with E-state index in [1.165, 1.54) is 25.9 Å². The van der Waals surface area contributed by atoms with E-state index in [0.717, 1.165) is 37.7 Å². The van der Waals surface area contributed by atoms with E-state index in [0.29, 0.717) is 11.7 Å². The standard InChI is InChI=1S/C17H22N4O/c18-9-14-2-1-3-16(19-14)20-15-8-17(22-11-15)6-7-21(12-17)10-13-4-5-13/h1-3,13,15H,4-8,10-12H2,(H,19,20)/t15-,17+/m1/s1. The van der Waals surface area contributed by atoms with Crippen LogP contribution in [0.25, 0.3) is 0 Å². The van der Waals surface area contributed by atoms with Crippen molar-refractivity contribution in [1.29, 1.82) is 5.26 Å². The van der Waals surface area contributed by atoms with Crippen molar-refractivity contribution in [3.63, 3.8) is 0 Å². The summed E-state index contributed by atoms with van der Waals surface area (Å²) in [6.45, 7) is 4.24. The van der Waals surface area contributed by atoms with E-state index >= 15 is 0 Å². The molecule has 1 aromatic rings. The molecule has 0 aromatic carbocycles. The average molecular weight is 298 g/mol. The normalized spacial score (nSPS) is 31.5. The molecule has 2 saturated heterocycles. The largest absolute Gasteiger partial charge is 0.371 e. The predicted octanol–water partition coefficient (Wildman–Crippen LogP) is 2.01. The molecule has 1 N–H and O–H groups in total. The van der Waals surface area contributed by atoms with Gasteiger partial charge in [-0.25, -0.2) is 4.98 Å². The van der Waals surface area contributed by atoms with Crippen molar-refractivity contribution in [2.75, 3.05) is 31.6 Å².